The van der Waals surface area contributed by atoms with E-state index in [9.17, 15) is 4.79 Å². The van der Waals surface area contributed by atoms with Gasteiger partial charge >= 0.3 is 0 Å². The van der Waals surface area contributed by atoms with E-state index in [-0.39, 0.29) is 5.57 Å². The number of hydrogen-bond donors (Lipinski definition) is 4. The van der Waals surface area contributed by atoms with Gasteiger partial charge in [0, 0.05) is 16.4 Å². The van der Waals surface area contributed by atoms with E-state index in [4.69, 9.17) is 10.0 Å². The van der Waals surface area contributed by atoms with Gasteiger partial charge in [0.05, 0.1) is 17.9 Å². The summed E-state index contributed by atoms with van der Waals surface area (Å²) in [6.07, 6.45) is 4.25. The van der Waals surface area contributed by atoms with Gasteiger partial charge in [-0.25, -0.2) is 5.48 Å². The highest BCUT2D eigenvalue weighted by atomic mass is 79.9. The van der Waals surface area contributed by atoms with Gasteiger partial charge in [0.2, 0.25) is 0 Å². The standard InChI is InChI=1S/C16H20BrN3O3/c1-4-6-13(16(21)20-23-5-2)15(10-18-22)19-14-8-7-12(17)9-11(14)3/h4,6-10,18-19,22H,1,5H2,2-3H3,(H,20,21). The molecule has 1 amide bonds. The Morgan fingerprint density at radius 1 is 1.48 bits per heavy atom. The molecule has 0 aliphatic carbocycles. The summed E-state index contributed by atoms with van der Waals surface area (Å²) in [6, 6.07) is 5.66. The summed E-state index contributed by atoms with van der Waals surface area (Å²) in [4.78, 5) is 17.1. The highest BCUT2D eigenvalue weighted by Gasteiger charge is 2.15. The molecule has 0 aliphatic rings. The SMILES string of the molecule is C=CC=C(C(=O)NOCC)C(=CNO)Nc1ccc(Br)cc1C. The van der Waals surface area contributed by atoms with E-state index in [1.807, 2.05) is 30.6 Å². The van der Waals surface area contributed by atoms with E-state index in [1.165, 1.54) is 18.4 Å². The normalized spacial score (nSPS) is 11.8. The molecule has 0 atom stereocenters. The molecule has 0 spiro atoms. The average Bonchev–Trinajstić information content (AvgIpc) is 2.52. The average molecular weight is 382 g/mol. The maximum Gasteiger partial charge on any atom is 0.277 e. The number of amides is 1. The van der Waals surface area contributed by atoms with Crippen LogP contribution in [0.15, 0.2) is 58.9 Å². The highest BCUT2D eigenvalue weighted by molar-refractivity contribution is 9.10. The van der Waals surface area contributed by atoms with Crippen molar-refractivity contribution in [2.24, 2.45) is 0 Å². The van der Waals surface area contributed by atoms with E-state index in [0.717, 1.165) is 15.7 Å². The molecule has 0 saturated heterocycles. The van der Waals surface area contributed by atoms with Crippen molar-refractivity contribution in [3.8, 4) is 0 Å². The number of hydrogen-bond acceptors (Lipinski definition) is 5. The van der Waals surface area contributed by atoms with Crippen LogP contribution in [0.4, 0.5) is 5.69 Å². The number of nitrogens with one attached hydrogen (secondary N) is 3. The molecule has 23 heavy (non-hydrogen) atoms. The summed E-state index contributed by atoms with van der Waals surface area (Å²) >= 11 is 3.40. The molecule has 4 N–H and O–H groups in total. The smallest absolute Gasteiger partial charge is 0.277 e. The van der Waals surface area contributed by atoms with Crippen LogP contribution in [0.1, 0.15) is 12.5 Å². The van der Waals surface area contributed by atoms with Crippen LogP contribution in [0, 0.1) is 6.92 Å². The third-order valence-electron chi connectivity index (χ3n) is 2.80. The van der Waals surface area contributed by atoms with Crippen LogP contribution in [0.5, 0.6) is 0 Å². The van der Waals surface area contributed by atoms with Crippen molar-refractivity contribution in [2.45, 2.75) is 13.8 Å². The molecule has 0 aromatic heterocycles. The summed E-state index contributed by atoms with van der Waals surface area (Å²) in [6.45, 7) is 7.62. The van der Waals surface area contributed by atoms with Crippen LogP contribution in [0.2, 0.25) is 0 Å². The van der Waals surface area contributed by atoms with Gasteiger partial charge < -0.3 is 5.32 Å². The number of aryl methyl sites for hydroxylation is 1. The molecule has 0 saturated carbocycles. The summed E-state index contributed by atoms with van der Waals surface area (Å²) < 4.78 is 0.947. The molecular weight excluding hydrogens is 362 g/mol. The predicted octanol–water partition coefficient (Wildman–Crippen LogP) is 3.17. The lowest BCUT2D eigenvalue weighted by Crippen LogP contribution is -2.28. The lowest BCUT2D eigenvalue weighted by molar-refractivity contribution is -0.128. The molecule has 1 rings (SSSR count). The van der Waals surface area contributed by atoms with Gasteiger partial charge in [-0.15, -0.1) is 0 Å². The number of halogens is 1. The van der Waals surface area contributed by atoms with E-state index in [0.29, 0.717) is 12.3 Å². The van der Waals surface area contributed by atoms with Crippen LogP contribution in [-0.2, 0) is 9.63 Å². The molecule has 124 valence electrons. The largest absolute Gasteiger partial charge is 0.353 e. The first kappa shape index (κ1) is 19.0. The third-order valence-corrected chi connectivity index (χ3v) is 3.29. The summed E-state index contributed by atoms with van der Waals surface area (Å²) in [5.41, 5.74) is 6.61. The maximum absolute atomic E-state index is 12.2. The van der Waals surface area contributed by atoms with Crippen molar-refractivity contribution >= 4 is 27.5 Å². The van der Waals surface area contributed by atoms with Gasteiger partial charge in [-0.3, -0.25) is 20.3 Å². The first-order valence-electron chi connectivity index (χ1n) is 6.91. The number of carbonyl (C=O) groups excluding carboxylic acids is 1. The van der Waals surface area contributed by atoms with Gasteiger partial charge in [-0.2, -0.15) is 0 Å². The number of benzene rings is 1. The molecule has 1 aromatic rings. The molecule has 0 aliphatic heterocycles. The van der Waals surface area contributed by atoms with Crippen molar-refractivity contribution in [3.63, 3.8) is 0 Å². The Balaban J connectivity index is 3.11. The van der Waals surface area contributed by atoms with E-state index >= 15 is 0 Å². The van der Waals surface area contributed by atoms with Crippen molar-refractivity contribution in [1.82, 2.24) is 11.0 Å². The topological polar surface area (TPSA) is 82.6 Å². The van der Waals surface area contributed by atoms with Crippen molar-refractivity contribution < 1.29 is 14.8 Å². The van der Waals surface area contributed by atoms with E-state index in [1.54, 1.807) is 6.92 Å². The summed E-state index contributed by atoms with van der Waals surface area (Å²) in [5.74, 6) is -0.462. The van der Waals surface area contributed by atoms with Crippen LogP contribution in [0.3, 0.4) is 0 Å². The molecule has 0 bridgehead atoms. The summed E-state index contributed by atoms with van der Waals surface area (Å²) in [5, 5.41) is 12.1. The Morgan fingerprint density at radius 3 is 2.78 bits per heavy atom. The minimum atomic E-state index is -0.462. The second kappa shape index (κ2) is 9.83. The number of allylic oxidation sites excluding steroid dienone is 2. The van der Waals surface area contributed by atoms with Crippen LogP contribution >= 0.6 is 15.9 Å². The van der Waals surface area contributed by atoms with E-state index < -0.39 is 5.91 Å². The lowest BCUT2D eigenvalue weighted by Gasteiger charge is -2.16. The zero-order valence-electron chi connectivity index (χ0n) is 13.0. The minimum absolute atomic E-state index is 0.248. The first-order chi connectivity index (χ1) is 11.0. The molecule has 6 nitrogen and oxygen atoms in total. The first-order valence-corrected chi connectivity index (χ1v) is 7.71. The fraction of sp³-hybridized carbons (Fsp3) is 0.188. The Hall–Kier alpha value is -2.09. The van der Waals surface area contributed by atoms with Crippen molar-refractivity contribution in [2.75, 3.05) is 11.9 Å². The monoisotopic (exact) mass is 381 g/mol. The fourth-order valence-electron chi connectivity index (χ4n) is 1.76. The minimum Gasteiger partial charge on any atom is -0.353 e. The molecule has 0 radical (unpaired) electrons. The third kappa shape index (κ3) is 5.90. The van der Waals surface area contributed by atoms with Crippen LogP contribution in [0.25, 0.3) is 0 Å². The van der Waals surface area contributed by atoms with Crippen molar-refractivity contribution in [3.05, 3.63) is 64.4 Å². The fourth-order valence-corrected chi connectivity index (χ4v) is 2.23. The highest BCUT2D eigenvalue weighted by Crippen LogP contribution is 2.23. The Morgan fingerprint density at radius 2 is 2.22 bits per heavy atom. The molecule has 7 heteroatoms. The number of rotatable bonds is 8. The van der Waals surface area contributed by atoms with Gasteiger partial charge in [0.1, 0.15) is 0 Å². The van der Waals surface area contributed by atoms with Crippen LogP contribution < -0.4 is 16.3 Å². The zero-order valence-corrected chi connectivity index (χ0v) is 14.6. The molecule has 0 fully saturated rings. The second-order valence-corrected chi connectivity index (χ2v) is 5.37. The van der Waals surface area contributed by atoms with Crippen molar-refractivity contribution in [1.29, 1.82) is 0 Å². The molecule has 1 aromatic carbocycles. The zero-order chi connectivity index (χ0) is 17.2. The molecule has 0 heterocycles. The van der Waals surface area contributed by atoms with Gasteiger partial charge in [0.25, 0.3) is 5.91 Å². The Bertz CT molecular complexity index is 627. The van der Waals surface area contributed by atoms with Gasteiger partial charge in [-0.05, 0) is 43.7 Å². The lowest BCUT2D eigenvalue weighted by atomic mass is 10.1. The predicted molar refractivity (Wildman–Crippen MR) is 93.6 cm³/mol. The molecule has 0 unspecified atom stereocenters. The Labute approximate surface area is 144 Å². The van der Waals surface area contributed by atoms with Gasteiger partial charge in [0.15, 0.2) is 0 Å². The summed E-state index contributed by atoms with van der Waals surface area (Å²) in [7, 11) is 0. The van der Waals surface area contributed by atoms with Crippen LogP contribution in [-0.4, -0.2) is 17.7 Å². The molecular formula is C16H20BrN3O3. The van der Waals surface area contributed by atoms with Gasteiger partial charge in [-0.1, -0.05) is 28.6 Å². The van der Waals surface area contributed by atoms with E-state index in [2.05, 4.69) is 33.3 Å². The Kier molecular flexibility index (Phi) is 8.10. The number of anilines is 1. The number of hydroxylamine groups is 2. The maximum atomic E-state index is 12.2. The second-order valence-electron chi connectivity index (χ2n) is 4.45. The quantitative estimate of drug-likeness (QED) is 0.315. The number of carbonyl (C=O) groups is 1.